The molecule has 0 saturated heterocycles. The third-order valence-corrected chi connectivity index (χ3v) is 4.76. The van der Waals surface area contributed by atoms with E-state index in [-0.39, 0.29) is 11.2 Å². The quantitative estimate of drug-likeness (QED) is 0.847. The summed E-state index contributed by atoms with van der Waals surface area (Å²) in [5.41, 5.74) is 0.596. The highest BCUT2D eigenvalue weighted by molar-refractivity contribution is 7.91. The predicted octanol–water partition coefficient (Wildman–Crippen LogP) is 2.69. The minimum Gasteiger partial charge on any atom is -0.391 e. The highest BCUT2D eigenvalue weighted by Gasteiger charge is 2.19. The molecule has 1 atom stereocenters. The van der Waals surface area contributed by atoms with Crippen LogP contribution in [-0.4, -0.2) is 31.9 Å². The van der Waals surface area contributed by atoms with Crippen LogP contribution >= 0.6 is 0 Å². The largest absolute Gasteiger partial charge is 0.391 e. The summed E-state index contributed by atoms with van der Waals surface area (Å²) < 4.78 is 24.0. The average Bonchev–Trinajstić information content (AvgIpc) is 2.34. The topological polar surface area (TPSA) is 66.4 Å². The van der Waals surface area contributed by atoms with E-state index >= 15 is 0 Å². The molecule has 0 spiro atoms. The molecule has 0 heterocycles. The Labute approximate surface area is 122 Å². The van der Waals surface area contributed by atoms with Crippen molar-refractivity contribution >= 4 is 15.5 Å². The lowest BCUT2D eigenvalue weighted by molar-refractivity contribution is 0.132. The van der Waals surface area contributed by atoms with Gasteiger partial charge in [-0.3, -0.25) is 0 Å². The number of hydrogen-bond donors (Lipinski definition) is 2. The van der Waals surface area contributed by atoms with E-state index in [1.165, 1.54) is 0 Å². The normalized spacial score (nSPS) is 14.1. The van der Waals surface area contributed by atoms with Gasteiger partial charge in [0.1, 0.15) is 0 Å². The van der Waals surface area contributed by atoms with Crippen molar-refractivity contribution in [3.8, 4) is 0 Å². The molecule has 0 saturated carbocycles. The molecule has 0 radical (unpaired) electrons. The van der Waals surface area contributed by atoms with Crippen LogP contribution < -0.4 is 5.32 Å². The van der Waals surface area contributed by atoms with E-state index in [0.717, 1.165) is 0 Å². The van der Waals surface area contributed by atoms with Crippen molar-refractivity contribution in [2.75, 3.05) is 17.6 Å². The van der Waals surface area contributed by atoms with E-state index in [9.17, 15) is 13.5 Å². The first-order chi connectivity index (χ1) is 9.15. The molecule has 0 aliphatic carbocycles. The molecule has 20 heavy (non-hydrogen) atoms. The standard InChI is InChI=1S/C15H25NO3S/c1-5-20(18,19)14-9-7-6-8-13(14)16-11-12(17)10-15(2,3)4/h6-9,12,16-17H,5,10-11H2,1-4H3. The number of rotatable bonds is 6. The maximum absolute atomic E-state index is 12.0. The van der Waals surface area contributed by atoms with Gasteiger partial charge in [-0.15, -0.1) is 0 Å². The number of hydrogen-bond acceptors (Lipinski definition) is 4. The van der Waals surface area contributed by atoms with Crippen molar-refractivity contribution in [3.05, 3.63) is 24.3 Å². The summed E-state index contributed by atoms with van der Waals surface area (Å²) in [6.45, 7) is 8.15. The first-order valence-corrected chi connectivity index (χ1v) is 8.54. The van der Waals surface area contributed by atoms with E-state index in [0.29, 0.717) is 23.5 Å². The summed E-state index contributed by atoms with van der Waals surface area (Å²) in [6.07, 6.45) is 0.148. The van der Waals surface area contributed by atoms with Crippen molar-refractivity contribution in [2.24, 2.45) is 5.41 Å². The first kappa shape index (κ1) is 17.0. The zero-order valence-corrected chi connectivity index (χ0v) is 13.5. The van der Waals surface area contributed by atoms with Crippen molar-refractivity contribution < 1.29 is 13.5 Å². The van der Waals surface area contributed by atoms with Gasteiger partial charge in [0.15, 0.2) is 9.84 Å². The molecule has 4 nitrogen and oxygen atoms in total. The van der Waals surface area contributed by atoms with Gasteiger partial charge in [0.25, 0.3) is 0 Å². The van der Waals surface area contributed by atoms with Gasteiger partial charge in [-0.1, -0.05) is 39.8 Å². The Balaban J connectivity index is 2.80. The molecular weight excluding hydrogens is 274 g/mol. The Kier molecular flexibility index (Phi) is 5.59. The molecule has 0 aromatic heterocycles. The number of aliphatic hydroxyl groups is 1. The monoisotopic (exact) mass is 299 g/mol. The Morgan fingerprint density at radius 2 is 1.85 bits per heavy atom. The number of nitrogens with one attached hydrogen (secondary N) is 1. The smallest absolute Gasteiger partial charge is 0.180 e. The Morgan fingerprint density at radius 1 is 1.25 bits per heavy atom. The van der Waals surface area contributed by atoms with Gasteiger partial charge < -0.3 is 10.4 Å². The fraction of sp³-hybridized carbons (Fsp3) is 0.600. The van der Waals surface area contributed by atoms with Crippen molar-refractivity contribution in [3.63, 3.8) is 0 Å². The molecule has 0 bridgehead atoms. The molecule has 1 aromatic rings. The van der Waals surface area contributed by atoms with E-state index in [1.54, 1.807) is 31.2 Å². The minimum absolute atomic E-state index is 0.0378. The van der Waals surface area contributed by atoms with E-state index < -0.39 is 15.9 Å². The van der Waals surface area contributed by atoms with Crippen LogP contribution in [0.25, 0.3) is 0 Å². The zero-order valence-electron chi connectivity index (χ0n) is 12.7. The lowest BCUT2D eigenvalue weighted by atomic mass is 9.89. The van der Waals surface area contributed by atoms with Crippen LogP contribution in [0.5, 0.6) is 0 Å². The number of benzene rings is 1. The highest BCUT2D eigenvalue weighted by atomic mass is 32.2. The minimum atomic E-state index is -3.26. The average molecular weight is 299 g/mol. The molecule has 2 N–H and O–H groups in total. The third-order valence-electron chi connectivity index (χ3n) is 2.98. The van der Waals surface area contributed by atoms with Crippen molar-refractivity contribution in [2.45, 2.75) is 45.1 Å². The van der Waals surface area contributed by atoms with E-state index in [1.807, 2.05) is 0 Å². The molecule has 0 amide bonds. The Morgan fingerprint density at radius 3 is 2.40 bits per heavy atom. The zero-order chi connectivity index (χ0) is 15.4. The van der Waals surface area contributed by atoms with Crippen LogP contribution in [0.4, 0.5) is 5.69 Å². The Bertz CT molecular complexity index is 532. The number of para-hydroxylation sites is 1. The van der Waals surface area contributed by atoms with Crippen LogP contribution in [0.3, 0.4) is 0 Å². The molecule has 1 aromatic carbocycles. The Hall–Kier alpha value is -1.07. The first-order valence-electron chi connectivity index (χ1n) is 6.89. The van der Waals surface area contributed by atoms with Gasteiger partial charge in [-0.25, -0.2) is 8.42 Å². The maximum Gasteiger partial charge on any atom is 0.180 e. The second kappa shape index (κ2) is 6.59. The second-order valence-electron chi connectivity index (χ2n) is 6.20. The molecule has 1 unspecified atom stereocenters. The lowest BCUT2D eigenvalue weighted by Gasteiger charge is -2.23. The number of sulfone groups is 1. The summed E-state index contributed by atoms with van der Waals surface area (Å²) in [5.74, 6) is 0.0657. The highest BCUT2D eigenvalue weighted by Crippen LogP contribution is 2.24. The number of anilines is 1. The van der Waals surface area contributed by atoms with Gasteiger partial charge in [0, 0.05) is 6.54 Å². The summed E-state index contributed by atoms with van der Waals surface area (Å²) in [5, 5.41) is 13.0. The molecule has 0 fully saturated rings. The van der Waals surface area contributed by atoms with Crippen LogP contribution in [0.1, 0.15) is 34.1 Å². The summed E-state index contributed by atoms with van der Waals surface area (Å²) in [6, 6.07) is 6.82. The second-order valence-corrected chi connectivity index (χ2v) is 8.45. The van der Waals surface area contributed by atoms with Crippen molar-refractivity contribution in [1.29, 1.82) is 0 Å². The predicted molar refractivity (Wildman–Crippen MR) is 82.7 cm³/mol. The lowest BCUT2D eigenvalue weighted by Crippen LogP contribution is -2.25. The molecular formula is C15H25NO3S. The SMILES string of the molecule is CCS(=O)(=O)c1ccccc1NCC(O)CC(C)(C)C. The maximum atomic E-state index is 12.0. The molecule has 0 aliphatic heterocycles. The van der Waals surface area contributed by atoms with Crippen LogP contribution in [0.2, 0.25) is 0 Å². The van der Waals surface area contributed by atoms with Crippen LogP contribution in [0.15, 0.2) is 29.2 Å². The van der Waals surface area contributed by atoms with Gasteiger partial charge in [-0.05, 0) is 24.0 Å². The van der Waals surface area contributed by atoms with Gasteiger partial charge in [0.05, 0.1) is 22.4 Å². The van der Waals surface area contributed by atoms with Gasteiger partial charge in [0.2, 0.25) is 0 Å². The molecule has 114 valence electrons. The fourth-order valence-electron chi connectivity index (χ4n) is 2.05. The number of aliphatic hydroxyl groups excluding tert-OH is 1. The summed E-state index contributed by atoms with van der Waals surface area (Å²) in [7, 11) is -3.26. The van der Waals surface area contributed by atoms with Crippen LogP contribution in [0, 0.1) is 5.41 Å². The van der Waals surface area contributed by atoms with E-state index in [4.69, 9.17) is 0 Å². The molecule has 1 rings (SSSR count). The van der Waals surface area contributed by atoms with Crippen LogP contribution in [-0.2, 0) is 9.84 Å². The summed E-state index contributed by atoms with van der Waals surface area (Å²) >= 11 is 0. The molecule has 0 aliphatic rings. The third kappa shape index (κ3) is 5.13. The van der Waals surface area contributed by atoms with Gasteiger partial charge >= 0.3 is 0 Å². The van der Waals surface area contributed by atoms with Crippen molar-refractivity contribution in [1.82, 2.24) is 0 Å². The van der Waals surface area contributed by atoms with Gasteiger partial charge in [-0.2, -0.15) is 0 Å². The van der Waals surface area contributed by atoms with E-state index in [2.05, 4.69) is 26.1 Å². The molecule has 5 heteroatoms. The summed E-state index contributed by atoms with van der Waals surface area (Å²) in [4.78, 5) is 0.297. The fourth-order valence-corrected chi connectivity index (χ4v) is 3.12.